The molecule has 2 N–H and O–H groups in total. The van der Waals surface area contributed by atoms with Gasteiger partial charge in [-0.25, -0.2) is 12.7 Å². The van der Waals surface area contributed by atoms with Crippen LogP contribution in [-0.4, -0.2) is 42.6 Å². The van der Waals surface area contributed by atoms with Crippen LogP contribution in [0.25, 0.3) is 0 Å². The van der Waals surface area contributed by atoms with Crippen LogP contribution < -0.4 is 5.32 Å². The summed E-state index contributed by atoms with van der Waals surface area (Å²) in [6, 6.07) is 4.97. The summed E-state index contributed by atoms with van der Waals surface area (Å²) in [7, 11) is -3.27. The number of nitrogens with zero attached hydrogens (tertiary/aromatic N) is 1. The molecule has 0 spiro atoms. The fourth-order valence-electron chi connectivity index (χ4n) is 2.58. The van der Waals surface area contributed by atoms with Gasteiger partial charge >= 0.3 is 0 Å². The van der Waals surface area contributed by atoms with Gasteiger partial charge in [-0.05, 0) is 44.4 Å². The predicted octanol–water partition coefficient (Wildman–Crippen LogP) is 1.70. The molecule has 1 amide bonds. The fourth-order valence-corrected chi connectivity index (χ4v) is 3.76. The lowest BCUT2D eigenvalue weighted by Crippen LogP contribution is -2.44. The number of amides is 1. The number of nitrogens with one attached hydrogen (secondary N) is 1. The molecule has 0 aromatic heterocycles. The Morgan fingerprint density at radius 3 is 2.86 bits per heavy atom. The van der Waals surface area contributed by atoms with E-state index in [1.54, 1.807) is 19.1 Å². The maximum absolute atomic E-state index is 12.3. The van der Waals surface area contributed by atoms with Gasteiger partial charge in [0.25, 0.3) is 0 Å². The van der Waals surface area contributed by atoms with E-state index in [1.807, 2.05) is 6.92 Å². The molecule has 122 valence electrons. The van der Waals surface area contributed by atoms with Crippen LogP contribution in [0.15, 0.2) is 18.2 Å². The predicted molar refractivity (Wildman–Crippen MR) is 85.2 cm³/mol. The normalized spacial score (nSPS) is 19.8. The number of rotatable bonds is 4. The van der Waals surface area contributed by atoms with E-state index < -0.39 is 15.9 Å². The Morgan fingerprint density at radius 2 is 2.18 bits per heavy atom. The highest BCUT2D eigenvalue weighted by Gasteiger charge is 2.31. The van der Waals surface area contributed by atoms with Crippen molar-refractivity contribution in [1.82, 2.24) is 4.31 Å². The number of phenols is 1. The summed E-state index contributed by atoms with van der Waals surface area (Å²) < 4.78 is 25.3. The third-order valence-corrected chi connectivity index (χ3v) is 5.77. The van der Waals surface area contributed by atoms with Crippen molar-refractivity contribution in [3.05, 3.63) is 23.8 Å². The van der Waals surface area contributed by atoms with Crippen LogP contribution in [0.5, 0.6) is 5.75 Å². The molecule has 0 unspecified atom stereocenters. The minimum Gasteiger partial charge on any atom is -0.506 e. The third-order valence-electron chi connectivity index (χ3n) is 3.92. The number of aryl methyl sites for hydroxylation is 1. The smallest absolute Gasteiger partial charge is 0.228 e. The molecule has 1 aliphatic heterocycles. The van der Waals surface area contributed by atoms with Gasteiger partial charge in [0.15, 0.2) is 0 Å². The van der Waals surface area contributed by atoms with Crippen molar-refractivity contribution in [3.8, 4) is 5.75 Å². The molecule has 0 saturated carbocycles. The average molecular weight is 326 g/mol. The maximum Gasteiger partial charge on any atom is 0.228 e. The van der Waals surface area contributed by atoms with E-state index in [-0.39, 0.29) is 24.0 Å². The zero-order chi connectivity index (χ0) is 16.3. The third kappa shape index (κ3) is 3.78. The van der Waals surface area contributed by atoms with Crippen LogP contribution in [-0.2, 0) is 14.8 Å². The van der Waals surface area contributed by atoms with Gasteiger partial charge < -0.3 is 10.4 Å². The van der Waals surface area contributed by atoms with Gasteiger partial charge in [0.05, 0.1) is 17.4 Å². The lowest BCUT2D eigenvalue weighted by atomic mass is 9.98. The molecule has 22 heavy (non-hydrogen) atoms. The van der Waals surface area contributed by atoms with Crippen molar-refractivity contribution in [1.29, 1.82) is 0 Å². The number of anilines is 1. The van der Waals surface area contributed by atoms with E-state index >= 15 is 0 Å². The molecular weight excluding hydrogens is 304 g/mol. The fraction of sp³-hybridized carbons (Fsp3) is 0.533. The van der Waals surface area contributed by atoms with Crippen LogP contribution in [0, 0.1) is 12.8 Å². The first kappa shape index (κ1) is 16.8. The Kier molecular flexibility index (Phi) is 5.08. The first-order chi connectivity index (χ1) is 10.3. The number of phenolic OH excluding ortho intramolecular Hbond substituents is 1. The second kappa shape index (κ2) is 6.66. The molecule has 2 rings (SSSR count). The molecule has 0 aliphatic carbocycles. The second-order valence-electron chi connectivity index (χ2n) is 5.61. The van der Waals surface area contributed by atoms with E-state index in [0.717, 1.165) is 5.56 Å². The van der Waals surface area contributed by atoms with E-state index in [0.29, 0.717) is 25.1 Å². The van der Waals surface area contributed by atoms with Crippen LogP contribution >= 0.6 is 0 Å². The molecule has 1 saturated heterocycles. The van der Waals surface area contributed by atoms with Crippen LogP contribution in [0.4, 0.5) is 5.69 Å². The lowest BCUT2D eigenvalue weighted by molar-refractivity contribution is -0.120. The van der Waals surface area contributed by atoms with Crippen LogP contribution in [0.1, 0.15) is 25.3 Å². The number of hydrogen-bond donors (Lipinski definition) is 2. The number of sulfonamides is 1. The van der Waals surface area contributed by atoms with Gasteiger partial charge in [0.2, 0.25) is 15.9 Å². The van der Waals surface area contributed by atoms with Gasteiger partial charge in [0.1, 0.15) is 5.75 Å². The van der Waals surface area contributed by atoms with Crippen molar-refractivity contribution < 1.29 is 18.3 Å². The molecule has 1 fully saturated rings. The highest BCUT2D eigenvalue weighted by molar-refractivity contribution is 7.89. The molecule has 1 aromatic rings. The molecule has 0 bridgehead atoms. The molecule has 0 radical (unpaired) electrons. The standard InChI is InChI=1S/C15H22N2O4S/c1-3-22(20,21)17-8-4-5-12(10-17)15(19)16-13-9-11(2)6-7-14(13)18/h6-7,9,12,18H,3-5,8,10H2,1-2H3,(H,16,19)/t12-/m1/s1. The van der Waals surface area contributed by atoms with E-state index in [2.05, 4.69) is 5.32 Å². The molecule has 1 aromatic carbocycles. The lowest BCUT2D eigenvalue weighted by Gasteiger charge is -2.30. The number of carbonyl (C=O) groups is 1. The molecule has 6 nitrogen and oxygen atoms in total. The summed E-state index contributed by atoms with van der Waals surface area (Å²) in [5.41, 5.74) is 1.28. The van der Waals surface area contributed by atoms with Crippen molar-refractivity contribution in [2.75, 3.05) is 24.2 Å². The summed E-state index contributed by atoms with van der Waals surface area (Å²) in [5.74, 6) is -0.598. The van der Waals surface area contributed by atoms with Gasteiger partial charge in [-0.2, -0.15) is 0 Å². The highest BCUT2D eigenvalue weighted by atomic mass is 32.2. The molecule has 1 heterocycles. The van der Waals surface area contributed by atoms with Crippen molar-refractivity contribution in [3.63, 3.8) is 0 Å². The van der Waals surface area contributed by atoms with E-state index in [4.69, 9.17) is 0 Å². The van der Waals surface area contributed by atoms with Gasteiger partial charge in [-0.3, -0.25) is 4.79 Å². The van der Waals surface area contributed by atoms with Crippen LogP contribution in [0.2, 0.25) is 0 Å². The first-order valence-corrected chi connectivity index (χ1v) is 9.02. The minimum atomic E-state index is -3.27. The summed E-state index contributed by atoms with van der Waals surface area (Å²) in [5, 5.41) is 12.5. The Bertz CT molecular complexity index is 658. The zero-order valence-corrected chi connectivity index (χ0v) is 13.7. The monoisotopic (exact) mass is 326 g/mol. The second-order valence-corrected chi connectivity index (χ2v) is 7.87. The molecular formula is C15H22N2O4S. The average Bonchev–Trinajstić information content (AvgIpc) is 2.51. The molecule has 1 atom stereocenters. The largest absolute Gasteiger partial charge is 0.506 e. The van der Waals surface area contributed by atoms with Crippen molar-refractivity contribution in [2.24, 2.45) is 5.92 Å². The Labute approximate surface area is 131 Å². The SMILES string of the molecule is CCS(=O)(=O)N1CCC[C@@H](C(=O)Nc2cc(C)ccc2O)C1. The summed E-state index contributed by atoms with van der Waals surface area (Å²) in [6.07, 6.45) is 1.31. The van der Waals surface area contributed by atoms with Gasteiger partial charge in [-0.15, -0.1) is 0 Å². The maximum atomic E-state index is 12.3. The molecule has 1 aliphatic rings. The van der Waals surface area contributed by atoms with Crippen LogP contribution in [0.3, 0.4) is 0 Å². The topological polar surface area (TPSA) is 86.7 Å². The van der Waals surface area contributed by atoms with E-state index in [1.165, 1.54) is 10.4 Å². The number of benzene rings is 1. The van der Waals surface area contributed by atoms with Gasteiger partial charge in [0, 0.05) is 13.1 Å². The Morgan fingerprint density at radius 1 is 1.45 bits per heavy atom. The quantitative estimate of drug-likeness (QED) is 0.825. The number of piperidine rings is 1. The highest BCUT2D eigenvalue weighted by Crippen LogP contribution is 2.26. The zero-order valence-electron chi connectivity index (χ0n) is 12.9. The molecule has 7 heteroatoms. The number of carbonyl (C=O) groups excluding carboxylic acids is 1. The van der Waals surface area contributed by atoms with Crippen molar-refractivity contribution >= 4 is 21.6 Å². The summed E-state index contributed by atoms with van der Waals surface area (Å²) in [4.78, 5) is 12.3. The minimum absolute atomic E-state index is 0.00722. The number of hydrogen-bond acceptors (Lipinski definition) is 4. The van der Waals surface area contributed by atoms with Gasteiger partial charge in [-0.1, -0.05) is 6.07 Å². The summed E-state index contributed by atoms with van der Waals surface area (Å²) in [6.45, 7) is 4.14. The van der Waals surface area contributed by atoms with Crippen molar-refractivity contribution in [2.45, 2.75) is 26.7 Å². The Balaban J connectivity index is 2.08. The Hall–Kier alpha value is -1.60. The summed E-state index contributed by atoms with van der Waals surface area (Å²) >= 11 is 0. The van der Waals surface area contributed by atoms with E-state index in [9.17, 15) is 18.3 Å². The first-order valence-electron chi connectivity index (χ1n) is 7.42. The number of aromatic hydroxyl groups is 1.